The fourth-order valence-corrected chi connectivity index (χ4v) is 2.78. The Hall–Kier alpha value is -2.62. The van der Waals surface area contributed by atoms with Gasteiger partial charge in [0, 0.05) is 11.1 Å². The van der Waals surface area contributed by atoms with Crippen LogP contribution in [0.25, 0.3) is 0 Å². The van der Waals surface area contributed by atoms with Crippen molar-refractivity contribution in [2.24, 2.45) is 0 Å². The van der Waals surface area contributed by atoms with E-state index in [1.165, 1.54) is 5.56 Å². The molecule has 2 aromatic carbocycles. The molecule has 0 N–H and O–H groups in total. The first-order valence-corrected chi connectivity index (χ1v) is 8.23. The Labute approximate surface area is 148 Å². The monoisotopic (exact) mass is 340 g/mol. The van der Waals surface area contributed by atoms with Gasteiger partial charge in [0.1, 0.15) is 5.75 Å². The molecule has 4 heteroatoms. The molecule has 0 unspecified atom stereocenters. The van der Waals surface area contributed by atoms with Gasteiger partial charge in [-0.3, -0.25) is 9.59 Å². The van der Waals surface area contributed by atoms with Crippen molar-refractivity contribution in [2.45, 2.75) is 34.1 Å². The highest BCUT2D eigenvalue weighted by Gasteiger charge is 2.16. The van der Waals surface area contributed by atoms with Crippen LogP contribution in [0.4, 0.5) is 0 Å². The standard InChI is InChI=1S/C21H24O4/c1-13-10-18(16(4)15(3)14(13)2)19(22)12-25-21(23)11-17-8-6-7-9-20(17)24-5/h6-10H,11-12H2,1-5H3. The zero-order valence-corrected chi connectivity index (χ0v) is 15.4. The van der Waals surface area contributed by atoms with Crippen molar-refractivity contribution in [2.75, 3.05) is 13.7 Å². The molecule has 0 bridgehead atoms. The molecule has 4 nitrogen and oxygen atoms in total. The van der Waals surface area contributed by atoms with E-state index >= 15 is 0 Å². The third kappa shape index (κ3) is 4.27. The summed E-state index contributed by atoms with van der Waals surface area (Å²) in [5, 5.41) is 0. The molecule has 0 aliphatic rings. The number of benzene rings is 2. The van der Waals surface area contributed by atoms with E-state index in [9.17, 15) is 9.59 Å². The van der Waals surface area contributed by atoms with E-state index in [1.807, 2.05) is 45.9 Å². The number of para-hydroxylation sites is 1. The molecule has 0 aliphatic heterocycles. The van der Waals surface area contributed by atoms with Crippen molar-refractivity contribution >= 4 is 11.8 Å². The molecule has 25 heavy (non-hydrogen) atoms. The van der Waals surface area contributed by atoms with Crippen LogP contribution in [0.3, 0.4) is 0 Å². The second-order valence-corrected chi connectivity index (χ2v) is 6.19. The predicted octanol–water partition coefficient (Wildman–Crippen LogP) is 3.90. The average molecular weight is 340 g/mol. The number of aryl methyl sites for hydroxylation is 1. The minimum atomic E-state index is -0.448. The van der Waals surface area contributed by atoms with Gasteiger partial charge in [0.25, 0.3) is 0 Å². The summed E-state index contributed by atoms with van der Waals surface area (Å²) in [6.07, 6.45) is 0.0717. The molecule has 0 saturated carbocycles. The van der Waals surface area contributed by atoms with E-state index in [0.717, 1.165) is 22.3 Å². The predicted molar refractivity (Wildman–Crippen MR) is 97.4 cm³/mol. The summed E-state index contributed by atoms with van der Waals surface area (Å²) < 4.78 is 10.4. The Kier molecular flexibility index (Phi) is 5.97. The third-order valence-corrected chi connectivity index (χ3v) is 4.67. The number of ether oxygens (including phenoxy) is 2. The van der Waals surface area contributed by atoms with Crippen LogP contribution in [0.5, 0.6) is 5.75 Å². The van der Waals surface area contributed by atoms with Gasteiger partial charge in [-0.25, -0.2) is 0 Å². The summed E-state index contributed by atoms with van der Waals surface area (Å²) >= 11 is 0. The summed E-state index contributed by atoms with van der Waals surface area (Å²) in [7, 11) is 1.55. The van der Waals surface area contributed by atoms with E-state index in [4.69, 9.17) is 9.47 Å². The van der Waals surface area contributed by atoms with E-state index in [1.54, 1.807) is 19.2 Å². The number of methoxy groups -OCH3 is 1. The first-order chi connectivity index (χ1) is 11.8. The first-order valence-electron chi connectivity index (χ1n) is 8.23. The van der Waals surface area contributed by atoms with Crippen molar-refractivity contribution in [3.8, 4) is 5.75 Å². The molecule has 0 aromatic heterocycles. The van der Waals surface area contributed by atoms with Gasteiger partial charge in [0.15, 0.2) is 6.61 Å². The number of hydrogen-bond acceptors (Lipinski definition) is 4. The topological polar surface area (TPSA) is 52.6 Å². The smallest absolute Gasteiger partial charge is 0.310 e. The molecule has 0 amide bonds. The molecule has 2 rings (SSSR count). The highest BCUT2D eigenvalue weighted by atomic mass is 16.5. The van der Waals surface area contributed by atoms with Crippen molar-refractivity contribution in [3.63, 3.8) is 0 Å². The average Bonchev–Trinajstić information content (AvgIpc) is 2.61. The largest absolute Gasteiger partial charge is 0.496 e. The van der Waals surface area contributed by atoms with Gasteiger partial charge in [-0.05, 0) is 62.1 Å². The highest BCUT2D eigenvalue weighted by molar-refractivity contribution is 5.99. The Morgan fingerprint density at radius 1 is 0.960 bits per heavy atom. The maximum Gasteiger partial charge on any atom is 0.310 e. The SMILES string of the molecule is COc1ccccc1CC(=O)OCC(=O)c1cc(C)c(C)c(C)c1C. The summed E-state index contributed by atoms with van der Waals surface area (Å²) in [5.41, 5.74) is 5.64. The van der Waals surface area contributed by atoms with Crippen LogP contribution in [0.1, 0.15) is 38.2 Å². The van der Waals surface area contributed by atoms with Crippen LogP contribution >= 0.6 is 0 Å². The number of carbonyl (C=O) groups excluding carboxylic acids is 2. The lowest BCUT2D eigenvalue weighted by Gasteiger charge is -2.14. The van der Waals surface area contributed by atoms with E-state index < -0.39 is 5.97 Å². The third-order valence-electron chi connectivity index (χ3n) is 4.67. The summed E-state index contributed by atoms with van der Waals surface area (Å²) in [6.45, 7) is 7.69. The zero-order valence-electron chi connectivity index (χ0n) is 15.4. The molecule has 2 aromatic rings. The van der Waals surface area contributed by atoms with Gasteiger partial charge in [0.2, 0.25) is 5.78 Å². The Balaban J connectivity index is 2.04. The maximum absolute atomic E-state index is 12.5. The zero-order chi connectivity index (χ0) is 18.6. The van der Waals surface area contributed by atoms with E-state index in [2.05, 4.69) is 0 Å². The molecule has 0 heterocycles. The first kappa shape index (κ1) is 18.7. The molecule has 132 valence electrons. The van der Waals surface area contributed by atoms with Gasteiger partial charge in [-0.2, -0.15) is 0 Å². The van der Waals surface area contributed by atoms with Gasteiger partial charge in [0.05, 0.1) is 13.5 Å². The second kappa shape index (κ2) is 7.97. The number of rotatable bonds is 6. The van der Waals surface area contributed by atoms with Gasteiger partial charge in [-0.15, -0.1) is 0 Å². The Bertz CT molecular complexity index is 806. The fraction of sp³-hybridized carbons (Fsp3) is 0.333. The van der Waals surface area contributed by atoms with Crippen LogP contribution < -0.4 is 4.74 Å². The van der Waals surface area contributed by atoms with E-state index in [-0.39, 0.29) is 18.8 Å². The van der Waals surface area contributed by atoms with Crippen molar-refractivity contribution in [1.82, 2.24) is 0 Å². The lowest BCUT2D eigenvalue weighted by atomic mass is 9.93. The van der Waals surface area contributed by atoms with Crippen LogP contribution in [0.2, 0.25) is 0 Å². The molecule has 0 radical (unpaired) electrons. The highest BCUT2D eigenvalue weighted by Crippen LogP contribution is 2.22. The van der Waals surface area contributed by atoms with Crippen LogP contribution in [0.15, 0.2) is 30.3 Å². The quantitative estimate of drug-likeness (QED) is 0.591. The minimum Gasteiger partial charge on any atom is -0.496 e. The molecular weight excluding hydrogens is 316 g/mol. The molecular formula is C21H24O4. The molecule has 0 saturated heterocycles. The van der Waals surface area contributed by atoms with Crippen molar-refractivity contribution < 1.29 is 19.1 Å². The normalized spacial score (nSPS) is 10.4. The Morgan fingerprint density at radius 2 is 1.64 bits per heavy atom. The second-order valence-electron chi connectivity index (χ2n) is 6.19. The van der Waals surface area contributed by atoms with Crippen LogP contribution in [0, 0.1) is 27.7 Å². The molecule has 0 fully saturated rings. The maximum atomic E-state index is 12.5. The van der Waals surface area contributed by atoms with Gasteiger partial charge < -0.3 is 9.47 Å². The van der Waals surface area contributed by atoms with Gasteiger partial charge in [-0.1, -0.05) is 18.2 Å². The fourth-order valence-electron chi connectivity index (χ4n) is 2.78. The van der Waals surface area contributed by atoms with Crippen molar-refractivity contribution in [3.05, 3.63) is 63.7 Å². The summed E-state index contributed by atoms with van der Waals surface area (Å²) in [4.78, 5) is 24.5. The molecule has 0 atom stereocenters. The minimum absolute atomic E-state index is 0.0717. The summed E-state index contributed by atoms with van der Waals surface area (Å²) in [5.74, 6) is -0.000426. The van der Waals surface area contributed by atoms with Crippen LogP contribution in [-0.2, 0) is 16.0 Å². The lowest BCUT2D eigenvalue weighted by Crippen LogP contribution is -2.17. The van der Waals surface area contributed by atoms with Crippen molar-refractivity contribution in [1.29, 1.82) is 0 Å². The van der Waals surface area contributed by atoms with Gasteiger partial charge >= 0.3 is 5.97 Å². The Morgan fingerprint density at radius 3 is 2.32 bits per heavy atom. The number of carbonyl (C=O) groups is 2. The molecule has 0 spiro atoms. The number of hydrogen-bond donors (Lipinski definition) is 0. The summed E-state index contributed by atoms with van der Waals surface area (Å²) in [6, 6.07) is 9.13. The number of ketones is 1. The van der Waals surface area contributed by atoms with Crippen LogP contribution in [-0.4, -0.2) is 25.5 Å². The number of esters is 1. The molecule has 0 aliphatic carbocycles. The lowest BCUT2D eigenvalue weighted by molar-refractivity contribution is -0.141. The van der Waals surface area contributed by atoms with E-state index in [0.29, 0.717) is 11.3 Å². The number of Topliss-reactive ketones (excluding diaryl/α,β-unsaturated/α-hetero) is 1.